The van der Waals surface area contributed by atoms with Crippen molar-refractivity contribution in [1.82, 2.24) is 0 Å². The second-order valence-corrected chi connectivity index (χ2v) is 5.38. The molecular weight excluding hydrogens is 214 g/mol. The van der Waals surface area contributed by atoms with Gasteiger partial charge in [-0.15, -0.1) is 0 Å². The van der Waals surface area contributed by atoms with Crippen LogP contribution in [0.15, 0.2) is 12.1 Å². The molecule has 3 heteroatoms. The lowest BCUT2D eigenvalue weighted by molar-refractivity contribution is 0.368. The van der Waals surface area contributed by atoms with E-state index in [-0.39, 0.29) is 11.3 Å². The highest BCUT2D eigenvalue weighted by Crippen LogP contribution is 2.42. The fourth-order valence-corrected chi connectivity index (χ4v) is 2.21. The molecule has 1 aliphatic rings. The number of hydrogen-bond acceptors (Lipinski definition) is 3. The summed E-state index contributed by atoms with van der Waals surface area (Å²) in [6, 6.07) is 3.86. The molecule has 1 aromatic carbocycles. The van der Waals surface area contributed by atoms with Crippen LogP contribution < -0.4 is 10.5 Å². The summed E-state index contributed by atoms with van der Waals surface area (Å²) in [6.07, 6.45) is 2.83. The van der Waals surface area contributed by atoms with E-state index in [9.17, 15) is 5.11 Å². The van der Waals surface area contributed by atoms with Gasteiger partial charge in [0, 0.05) is 11.1 Å². The van der Waals surface area contributed by atoms with Gasteiger partial charge in [-0.2, -0.15) is 0 Å². The summed E-state index contributed by atoms with van der Waals surface area (Å²) < 4.78 is 5.16. The molecule has 0 atom stereocenters. The van der Waals surface area contributed by atoms with Gasteiger partial charge in [-0.05, 0) is 36.8 Å². The van der Waals surface area contributed by atoms with Crippen molar-refractivity contribution in [3.8, 4) is 11.5 Å². The first kappa shape index (κ1) is 12.2. The average molecular weight is 235 g/mol. The molecule has 0 bridgehead atoms. The summed E-state index contributed by atoms with van der Waals surface area (Å²) in [6.45, 7) is 4.25. The molecular formula is C14H21NO2. The largest absolute Gasteiger partial charge is 0.504 e. The number of nitrogens with two attached hydrogens (primary N) is 1. The first-order valence-electron chi connectivity index (χ1n) is 6.14. The Morgan fingerprint density at radius 2 is 2.06 bits per heavy atom. The Morgan fingerprint density at radius 1 is 1.41 bits per heavy atom. The van der Waals surface area contributed by atoms with Crippen molar-refractivity contribution in [2.45, 2.75) is 44.6 Å². The van der Waals surface area contributed by atoms with Gasteiger partial charge in [0.25, 0.3) is 0 Å². The van der Waals surface area contributed by atoms with E-state index >= 15 is 0 Å². The van der Waals surface area contributed by atoms with E-state index in [1.165, 1.54) is 5.56 Å². The molecule has 0 spiro atoms. The smallest absolute Gasteiger partial charge is 0.161 e. The third-order valence-corrected chi connectivity index (χ3v) is 3.54. The summed E-state index contributed by atoms with van der Waals surface area (Å²) in [5.74, 6) is 1.17. The fourth-order valence-electron chi connectivity index (χ4n) is 2.21. The van der Waals surface area contributed by atoms with E-state index in [2.05, 4.69) is 13.8 Å². The van der Waals surface area contributed by atoms with Crippen LogP contribution in [-0.4, -0.2) is 17.8 Å². The fraction of sp³-hybridized carbons (Fsp3) is 0.571. The van der Waals surface area contributed by atoms with Crippen LogP contribution in [0.3, 0.4) is 0 Å². The van der Waals surface area contributed by atoms with Gasteiger partial charge in [0.15, 0.2) is 11.5 Å². The van der Waals surface area contributed by atoms with Gasteiger partial charge in [-0.1, -0.05) is 19.9 Å². The highest BCUT2D eigenvalue weighted by Gasteiger charge is 2.39. The quantitative estimate of drug-likeness (QED) is 0.843. The monoisotopic (exact) mass is 235 g/mol. The molecule has 0 unspecified atom stereocenters. The minimum Gasteiger partial charge on any atom is -0.504 e. The van der Waals surface area contributed by atoms with Gasteiger partial charge in [0.2, 0.25) is 0 Å². The molecule has 0 radical (unpaired) electrons. The van der Waals surface area contributed by atoms with Crippen LogP contribution in [0.5, 0.6) is 11.5 Å². The van der Waals surface area contributed by atoms with Crippen molar-refractivity contribution in [3.63, 3.8) is 0 Å². The minimum atomic E-state index is -0.104. The highest BCUT2D eigenvalue weighted by molar-refractivity contribution is 5.51. The Kier molecular flexibility index (Phi) is 3.04. The molecule has 3 nitrogen and oxygen atoms in total. The number of rotatable bonds is 4. The first-order valence-corrected chi connectivity index (χ1v) is 6.14. The van der Waals surface area contributed by atoms with Gasteiger partial charge >= 0.3 is 0 Å². The maximum Gasteiger partial charge on any atom is 0.161 e. The van der Waals surface area contributed by atoms with Crippen LogP contribution >= 0.6 is 0 Å². The van der Waals surface area contributed by atoms with E-state index < -0.39 is 0 Å². The van der Waals surface area contributed by atoms with Crippen LogP contribution in [0.25, 0.3) is 0 Å². The predicted octanol–water partition coefficient (Wildman–Crippen LogP) is 2.56. The van der Waals surface area contributed by atoms with Crippen molar-refractivity contribution in [2.24, 2.45) is 5.73 Å². The SMILES string of the molecule is COc1ccc(C(C)C)c(CC2(N)CC2)c1O. The number of phenols is 1. The summed E-state index contributed by atoms with van der Waals surface area (Å²) in [4.78, 5) is 0. The van der Waals surface area contributed by atoms with E-state index in [1.54, 1.807) is 7.11 Å². The zero-order valence-corrected chi connectivity index (χ0v) is 10.8. The first-order chi connectivity index (χ1) is 7.97. The van der Waals surface area contributed by atoms with Gasteiger partial charge in [-0.25, -0.2) is 0 Å². The molecule has 0 amide bonds. The summed E-state index contributed by atoms with van der Waals surface area (Å²) >= 11 is 0. The number of benzene rings is 1. The van der Waals surface area contributed by atoms with Crippen molar-refractivity contribution in [3.05, 3.63) is 23.3 Å². The molecule has 94 valence electrons. The van der Waals surface area contributed by atoms with Crippen LogP contribution in [-0.2, 0) is 6.42 Å². The third-order valence-electron chi connectivity index (χ3n) is 3.54. The highest BCUT2D eigenvalue weighted by atomic mass is 16.5. The summed E-state index contributed by atoms with van der Waals surface area (Å²) in [5.41, 5.74) is 8.18. The standard InChI is InChI=1S/C14H21NO2/c1-9(2)10-4-5-12(17-3)13(16)11(10)8-14(15)6-7-14/h4-5,9,16H,6-8,15H2,1-3H3. The predicted molar refractivity (Wildman–Crippen MR) is 68.6 cm³/mol. The van der Waals surface area contributed by atoms with Crippen LogP contribution in [0.1, 0.15) is 43.7 Å². The number of ether oxygens (including phenoxy) is 1. The topological polar surface area (TPSA) is 55.5 Å². The zero-order valence-electron chi connectivity index (χ0n) is 10.8. The molecule has 2 rings (SSSR count). The number of hydrogen-bond donors (Lipinski definition) is 2. The lowest BCUT2D eigenvalue weighted by atomic mass is 9.91. The van der Waals surface area contributed by atoms with Crippen LogP contribution in [0.2, 0.25) is 0 Å². The molecule has 1 aromatic rings. The Bertz CT molecular complexity index is 422. The normalized spacial score (nSPS) is 17.2. The van der Waals surface area contributed by atoms with Crippen molar-refractivity contribution in [1.29, 1.82) is 0 Å². The molecule has 1 fully saturated rings. The molecule has 0 aliphatic heterocycles. The lowest BCUT2D eigenvalue weighted by Crippen LogP contribution is -2.25. The Balaban J connectivity index is 2.43. The molecule has 3 N–H and O–H groups in total. The number of methoxy groups -OCH3 is 1. The van der Waals surface area contributed by atoms with Crippen LogP contribution in [0.4, 0.5) is 0 Å². The van der Waals surface area contributed by atoms with Crippen molar-refractivity contribution in [2.75, 3.05) is 7.11 Å². The Hall–Kier alpha value is -1.22. The Morgan fingerprint density at radius 3 is 2.53 bits per heavy atom. The van der Waals surface area contributed by atoms with Gasteiger partial charge in [0.05, 0.1) is 7.11 Å². The number of aromatic hydroxyl groups is 1. The zero-order chi connectivity index (χ0) is 12.6. The summed E-state index contributed by atoms with van der Waals surface area (Å²) in [7, 11) is 1.57. The summed E-state index contributed by atoms with van der Waals surface area (Å²) in [5, 5.41) is 10.2. The second-order valence-electron chi connectivity index (χ2n) is 5.38. The average Bonchev–Trinajstić information content (AvgIpc) is 2.99. The molecule has 0 aromatic heterocycles. The third kappa shape index (κ3) is 2.39. The van der Waals surface area contributed by atoms with Crippen molar-refractivity contribution >= 4 is 0 Å². The number of phenolic OH excluding ortho intramolecular Hbond substituents is 1. The van der Waals surface area contributed by atoms with E-state index in [0.717, 1.165) is 24.8 Å². The van der Waals surface area contributed by atoms with Gasteiger partial charge in [-0.3, -0.25) is 0 Å². The molecule has 0 saturated heterocycles. The van der Waals surface area contributed by atoms with E-state index in [4.69, 9.17) is 10.5 Å². The van der Waals surface area contributed by atoms with Crippen molar-refractivity contribution < 1.29 is 9.84 Å². The van der Waals surface area contributed by atoms with Gasteiger partial charge < -0.3 is 15.6 Å². The minimum absolute atomic E-state index is 0.104. The van der Waals surface area contributed by atoms with E-state index in [1.807, 2.05) is 12.1 Å². The lowest BCUT2D eigenvalue weighted by Gasteiger charge is -2.19. The van der Waals surface area contributed by atoms with Gasteiger partial charge in [0.1, 0.15) is 0 Å². The molecule has 1 saturated carbocycles. The molecule has 0 heterocycles. The molecule has 17 heavy (non-hydrogen) atoms. The maximum absolute atomic E-state index is 10.2. The maximum atomic E-state index is 10.2. The van der Waals surface area contributed by atoms with Crippen LogP contribution in [0, 0.1) is 0 Å². The second kappa shape index (κ2) is 4.22. The van der Waals surface area contributed by atoms with E-state index in [0.29, 0.717) is 11.7 Å². The Labute approximate surface area is 103 Å². The molecule has 1 aliphatic carbocycles.